The van der Waals surface area contributed by atoms with Crippen LogP contribution in [0.5, 0.6) is 0 Å². The summed E-state index contributed by atoms with van der Waals surface area (Å²) in [5, 5.41) is 0.862. The molecule has 0 saturated heterocycles. The van der Waals surface area contributed by atoms with Crippen molar-refractivity contribution in [2.75, 3.05) is 5.75 Å². The van der Waals surface area contributed by atoms with E-state index in [1.807, 2.05) is 36.9 Å². The van der Waals surface area contributed by atoms with Crippen molar-refractivity contribution in [2.45, 2.75) is 25.1 Å². The lowest BCUT2D eigenvalue weighted by Gasteiger charge is -2.05. The normalized spacial score (nSPS) is 12.8. The Morgan fingerprint density at radius 1 is 1.43 bits per heavy atom. The van der Waals surface area contributed by atoms with Gasteiger partial charge in [-0.15, -0.1) is 0 Å². The Morgan fingerprint density at radius 2 is 2.14 bits per heavy atom. The molecule has 0 aliphatic rings. The topological polar surface area (TPSA) is 26.0 Å². The van der Waals surface area contributed by atoms with Gasteiger partial charge >= 0.3 is 0 Å². The number of halogens is 1. The predicted octanol–water partition coefficient (Wildman–Crippen LogP) is 3.31. The van der Waals surface area contributed by atoms with E-state index < -0.39 is 0 Å². The standard InChI is InChI=1S/C11H16ClNS/c1-9(13)6-7-14-8-10-4-2-3-5-11(10)12/h2-5,9H,6-8,13H2,1H3. The van der Waals surface area contributed by atoms with Gasteiger partial charge in [0.05, 0.1) is 0 Å². The molecule has 1 aromatic carbocycles. The molecular formula is C11H16ClNS. The average molecular weight is 230 g/mol. The molecule has 0 amide bonds. The quantitative estimate of drug-likeness (QED) is 0.784. The van der Waals surface area contributed by atoms with E-state index in [4.69, 9.17) is 17.3 Å². The fourth-order valence-electron chi connectivity index (χ4n) is 1.07. The van der Waals surface area contributed by atoms with Crippen LogP contribution in [0, 0.1) is 0 Å². The fraction of sp³-hybridized carbons (Fsp3) is 0.455. The second-order valence-electron chi connectivity index (χ2n) is 3.41. The first-order valence-electron chi connectivity index (χ1n) is 4.77. The van der Waals surface area contributed by atoms with E-state index in [-0.39, 0.29) is 0 Å². The average Bonchev–Trinajstić information content (AvgIpc) is 2.15. The summed E-state index contributed by atoms with van der Waals surface area (Å²) in [4.78, 5) is 0. The Hall–Kier alpha value is -0.180. The van der Waals surface area contributed by atoms with Crippen molar-refractivity contribution in [3.05, 3.63) is 34.9 Å². The molecule has 0 radical (unpaired) electrons. The first-order chi connectivity index (χ1) is 6.70. The third kappa shape index (κ3) is 4.36. The smallest absolute Gasteiger partial charge is 0.0446 e. The van der Waals surface area contributed by atoms with Crippen LogP contribution in [-0.2, 0) is 5.75 Å². The third-order valence-electron chi connectivity index (χ3n) is 1.93. The summed E-state index contributed by atoms with van der Waals surface area (Å²) in [5.74, 6) is 2.08. The summed E-state index contributed by atoms with van der Waals surface area (Å²) >= 11 is 7.91. The van der Waals surface area contributed by atoms with Crippen LogP contribution in [0.1, 0.15) is 18.9 Å². The molecule has 1 unspecified atom stereocenters. The van der Waals surface area contributed by atoms with Gasteiger partial charge in [0.15, 0.2) is 0 Å². The van der Waals surface area contributed by atoms with E-state index in [2.05, 4.69) is 6.07 Å². The highest BCUT2D eigenvalue weighted by atomic mass is 35.5. The lowest BCUT2D eigenvalue weighted by molar-refractivity contribution is 0.721. The van der Waals surface area contributed by atoms with Crippen molar-refractivity contribution < 1.29 is 0 Å². The summed E-state index contributed by atoms with van der Waals surface area (Å²) < 4.78 is 0. The van der Waals surface area contributed by atoms with Gasteiger partial charge in [0, 0.05) is 16.8 Å². The lowest BCUT2D eigenvalue weighted by atomic mass is 10.2. The largest absolute Gasteiger partial charge is 0.328 e. The van der Waals surface area contributed by atoms with Crippen molar-refractivity contribution in [1.82, 2.24) is 0 Å². The summed E-state index contributed by atoms with van der Waals surface area (Å²) in [6.45, 7) is 2.04. The van der Waals surface area contributed by atoms with Gasteiger partial charge in [0.2, 0.25) is 0 Å². The number of hydrogen-bond acceptors (Lipinski definition) is 2. The van der Waals surface area contributed by atoms with Crippen LogP contribution in [0.4, 0.5) is 0 Å². The fourth-order valence-corrected chi connectivity index (χ4v) is 2.50. The summed E-state index contributed by atoms with van der Waals surface area (Å²) in [6.07, 6.45) is 1.06. The van der Waals surface area contributed by atoms with Gasteiger partial charge in [-0.3, -0.25) is 0 Å². The van der Waals surface area contributed by atoms with Crippen LogP contribution in [0.25, 0.3) is 0 Å². The molecule has 0 aliphatic heterocycles. The molecule has 1 nitrogen and oxygen atoms in total. The molecule has 0 spiro atoms. The maximum absolute atomic E-state index is 6.03. The molecule has 0 fully saturated rings. The van der Waals surface area contributed by atoms with Gasteiger partial charge in [0.25, 0.3) is 0 Å². The second-order valence-corrected chi connectivity index (χ2v) is 4.92. The first kappa shape index (κ1) is 11.9. The van der Waals surface area contributed by atoms with Crippen LogP contribution < -0.4 is 5.73 Å². The Labute approximate surface area is 95.0 Å². The van der Waals surface area contributed by atoms with Crippen molar-refractivity contribution >= 4 is 23.4 Å². The number of rotatable bonds is 5. The van der Waals surface area contributed by atoms with Crippen LogP contribution >= 0.6 is 23.4 Å². The minimum atomic E-state index is 0.300. The van der Waals surface area contributed by atoms with Crippen LogP contribution in [0.3, 0.4) is 0 Å². The van der Waals surface area contributed by atoms with Gasteiger partial charge < -0.3 is 5.73 Å². The minimum Gasteiger partial charge on any atom is -0.328 e. The summed E-state index contributed by atoms with van der Waals surface area (Å²) in [7, 11) is 0. The number of benzene rings is 1. The summed E-state index contributed by atoms with van der Waals surface area (Å²) in [6, 6.07) is 8.28. The molecule has 3 heteroatoms. The molecule has 0 bridgehead atoms. The Morgan fingerprint density at radius 3 is 2.79 bits per heavy atom. The maximum atomic E-state index is 6.03. The molecule has 2 N–H and O–H groups in total. The molecule has 0 aliphatic carbocycles. The third-order valence-corrected chi connectivity index (χ3v) is 3.34. The number of thioether (sulfide) groups is 1. The van der Waals surface area contributed by atoms with Gasteiger partial charge in [-0.1, -0.05) is 29.8 Å². The molecule has 0 saturated carbocycles. The van der Waals surface area contributed by atoms with E-state index in [1.54, 1.807) is 0 Å². The lowest BCUT2D eigenvalue weighted by Crippen LogP contribution is -2.15. The SMILES string of the molecule is CC(N)CCSCc1ccccc1Cl. The van der Waals surface area contributed by atoms with E-state index >= 15 is 0 Å². The van der Waals surface area contributed by atoms with Crippen LogP contribution in [0.2, 0.25) is 5.02 Å². The van der Waals surface area contributed by atoms with Gasteiger partial charge in [-0.25, -0.2) is 0 Å². The molecule has 0 heterocycles. The Balaban J connectivity index is 2.28. The first-order valence-corrected chi connectivity index (χ1v) is 6.30. The molecule has 1 atom stereocenters. The van der Waals surface area contributed by atoms with E-state index in [0.717, 1.165) is 22.9 Å². The Kier molecular flexibility index (Phi) is 5.38. The highest BCUT2D eigenvalue weighted by Crippen LogP contribution is 2.21. The van der Waals surface area contributed by atoms with Crippen molar-refractivity contribution in [1.29, 1.82) is 0 Å². The molecule has 1 rings (SSSR count). The van der Waals surface area contributed by atoms with E-state index in [1.165, 1.54) is 5.56 Å². The monoisotopic (exact) mass is 229 g/mol. The van der Waals surface area contributed by atoms with Gasteiger partial charge in [-0.05, 0) is 30.7 Å². The number of nitrogens with two attached hydrogens (primary N) is 1. The minimum absolute atomic E-state index is 0.300. The van der Waals surface area contributed by atoms with E-state index in [0.29, 0.717) is 6.04 Å². The molecule has 0 aromatic heterocycles. The predicted molar refractivity (Wildman–Crippen MR) is 65.9 cm³/mol. The molecular weight excluding hydrogens is 214 g/mol. The maximum Gasteiger partial charge on any atom is 0.0446 e. The second kappa shape index (κ2) is 6.33. The van der Waals surface area contributed by atoms with Crippen molar-refractivity contribution in [3.8, 4) is 0 Å². The highest BCUT2D eigenvalue weighted by molar-refractivity contribution is 7.98. The number of hydrogen-bond donors (Lipinski definition) is 1. The molecule has 1 aromatic rings. The molecule has 78 valence electrons. The van der Waals surface area contributed by atoms with E-state index in [9.17, 15) is 0 Å². The van der Waals surface area contributed by atoms with Gasteiger partial charge in [-0.2, -0.15) is 11.8 Å². The van der Waals surface area contributed by atoms with Crippen LogP contribution in [0.15, 0.2) is 24.3 Å². The Bertz CT molecular complexity index is 276. The zero-order valence-electron chi connectivity index (χ0n) is 8.37. The van der Waals surface area contributed by atoms with Crippen molar-refractivity contribution in [2.24, 2.45) is 5.73 Å². The van der Waals surface area contributed by atoms with Crippen LogP contribution in [-0.4, -0.2) is 11.8 Å². The van der Waals surface area contributed by atoms with Gasteiger partial charge in [0.1, 0.15) is 0 Å². The zero-order valence-corrected chi connectivity index (χ0v) is 9.94. The molecule has 14 heavy (non-hydrogen) atoms. The zero-order chi connectivity index (χ0) is 10.4. The highest BCUT2D eigenvalue weighted by Gasteiger charge is 1.99. The van der Waals surface area contributed by atoms with Crippen molar-refractivity contribution in [3.63, 3.8) is 0 Å². The summed E-state index contributed by atoms with van der Waals surface area (Å²) in [5.41, 5.74) is 6.87.